The lowest BCUT2D eigenvalue weighted by Crippen LogP contribution is -2.49. The number of carbonyl (C=O) groups excluding carboxylic acids is 1. The zero-order chi connectivity index (χ0) is 12.6. The monoisotopic (exact) mass is 232 g/mol. The quantitative estimate of drug-likeness (QED) is 0.587. The van der Waals surface area contributed by atoms with Gasteiger partial charge in [0.1, 0.15) is 0 Å². The molecule has 1 atom stereocenters. The SMILES string of the molecule is CCCCN(CC)C(=O)N[C@H](CO)C(=O)O. The molecule has 0 rings (SSSR count). The van der Waals surface area contributed by atoms with Crippen molar-refractivity contribution in [2.75, 3.05) is 19.7 Å². The molecule has 94 valence electrons. The van der Waals surface area contributed by atoms with E-state index in [0.29, 0.717) is 13.1 Å². The Kier molecular flexibility index (Phi) is 7.28. The Labute approximate surface area is 95.2 Å². The third-order valence-electron chi connectivity index (χ3n) is 2.23. The van der Waals surface area contributed by atoms with Gasteiger partial charge in [-0.05, 0) is 13.3 Å². The van der Waals surface area contributed by atoms with Gasteiger partial charge in [-0.15, -0.1) is 0 Å². The summed E-state index contributed by atoms with van der Waals surface area (Å²) < 4.78 is 0. The smallest absolute Gasteiger partial charge is 0.328 e. The minimum Gasteiger partial charge on any atom is -0.480 e. The third kappa shape index (κ3) is 4.97. The number of carbonyl (C=O) groups is 2. The number of urea groups is 1. The van der Waals surface area contributed by atoms with Crippen LogP contribution in [-0.4, -0.2) is 52.9 Å². The van der Waals surface area contributed by atoms with E-state index in [0.717, 1.165) is 12.8 Å². The average Bonchev–Trinajstić information content (AvgIpc) is 2.26. The number of aliphatic carboxylic acids is 1. The van der Waals surface area contributed by atoms with Crippen LogP contribution in [0.2, 0.25) is 0 Å². The maximum absolute atomic E-state index is 11.6. The summed E-state index contributed by atoms with van der Waals surface area (Å²) in [6.45, 7) is 4.34. The molecule has 0 heterocycles. The average molecular weight is 232 g/mol. The van der Waals surface area contributed by atoms with Crippen LogP contribution >= 0.6 is 0 Å². The molecule has 0 aromatic heterocycles. The van der Waals surface area contributed by atoms with Crippen molar-refractivity contribution >= 4 is 12.0 Å². The van der Waals surface area contributed by atoms with Crippen molar-refractivity contribution in [1.29, 1.82) is 0 Å². The Balaban J connectivity index is 4.23. The van der Waals surface area contributed by atoms with Crippen LogP contribution in [-0.2, 0) is 4.79 Å². The van der Waals surface area contributed by atoms with E-state index in [1.54, 1.807) is 0 Å². The van der Waals surface area contributed by atoms with E-state index < -0.39 is 24.6 Å². The number of nitrogens with one attached hydrogen (secondary N) is 1. The first-order valence-electron chi connectivity index (χ1n) is 5.45. The second kappa shape index (κ2) is 7.92. The van der Waals surface area contributed by atoms with E-state index >= 15 is 0 Å². The van der Waals surface area contributed by atoms with Gasteiger partial charge in [0.2, 0.25) is 0 Å². The summed E-state index contributed by atoms with van der Waals surface area (Å²) in [5, 5.41) is 19.7. The molecular weight excluding hydrogens is 212 g/mol. The van der Waals surface area contributed by atoms with Crippen molar-refractivity contribution in [1.82, 2.24) is 10.2 Å². The van der Waals surface area contributed by atoms with Crippen LogP contribution in [0.5, 0.6) is 0 Å². The van der Waals surface area contributed by atoms with Crippen LogP contribution < -0.4 is 5.32 Å². The number of amides is 2. The summed E-state index contributed by atoms with van der Waals surface area (Å²) in [5.41, 5.74) is 0. The van der Waals surface area contributed by atoms with Gasteiger partial charge in [0, 0.05) is 13.1 Å². The topological polar surface area (TPSA) is 89.9 Å². The number of nitrogens with zero attached hydrogens (tertiary/aromatic N) is 1. The number of hydrogen-bond acceptors (Lipinski definition) is 3. The summed E-state index contributed by atoms with van der Waals surface area (Å²) in [4.78, 5) is 23.7. The van der Waals surface area contributed by atoms with Gasteiger partial charge in [0.15, 0.2) is 6.04 Å². The van der Waals surface area contributed by atoms with E-state index in [2.05, 4.69) is 5.32 Å². The van der Waals surface area contributed by atoms with E-state index in [9.17, 15) is 9.59 Å². The van der Waals surface area contributed by atoms with Gasteiger partial charge in [-0.3, -0.25) is 0 Å². The zero-order valence-electron chi connectivity index (χ0n) is 9.77. The lowest BCUT2D eigenvalue weighted by atomic mass is 10.3. The van der Waals surface area contributed by atoms with Crippen LogP contribution in [0.3, 0.4) is 0 Å². The molecule has 0 fully saturated rings. The maximum Gasteiger partial charge on any atom is 0.328 e. The summed E-state index contributed by atoms with van der Waals surface area (Å²) in [6, 6.07) is -1.68. The highest BCUT2D eigenvalue weighted by molar-refractivity contribution is 5.82. The second-order valence-electron chi connectivity index (χ2n) is 3.46. The van der Waals surface area contributed by atoms with E-state index in [1.165, 1.54) is 4.90 Å². The Morgan fingerprint density at radius 2 is 2.00 bits per heavy atom. The minimum atomic E-state index is -1.23. The van der Waals surface area contributed by atoms with Gasteiger partial charge in [0.05, 0.1) is 6.61 Å². The highest BCUT2D eigenvalue weighted by atomic mass is 16.4. The first-order chi connectivity index (χ1) is 7.56. The molecule has 6 nitrogen and oxygen atoms in total. The number of aliphatic hydroxyl groups is 1. The van der Waals surface area contributed by atoms with Gasteiger partial charge in [-0.2, -0.15) is 0 Å². The van der Waals surface area contributed by atoms with Crippen molar-refractivity contribution < 1.29 is 19.8 Å². The van der Waals surface area contributed by atoms with Crippen molar-refractivity contribution in [2.24, 2.45) is 0 Å². The first kappa shape index (κ1) is 14.7. The number of hydrogen-bond donors (Lipinski definition) is 3. The van der Waals surface area contributed by atoms with Crippen LogP contribution in [0.25, 0.3) is 0 Å². The fourth-order valence-corrected chi connectivity index (χ4v) is 1.18. The molecule has 2 amide bonds. The largest absolute Gasteiger partial charge is 0.480 e. The number of carboxylic acids is 1. The predicted octanol–water partition coefficient (Wildman–Crippen LogP) is 0.263. The summed E-state index contributed by atoms with van der Waals surface area (Å²) in [6.07, 6.45) is 1.84. The molecule has 3 N–H and O–H groups in total. The molecule has 0 bridgehead atoms. The molecular formula is C10H20N2O4. The molecule has 0 spiro atoms. The van der Waals surface area contributed by atoms with Gasteiger partial charge >= 0.3 is 12.0 Å². The van der Waals surface area contributed by atoms with Crippen molar-refractivity contribution in [3.63, 3.8) is 0 Å². The van der Waals surface area contributed by atoms with Gasteiger partial charge in [-0.1, -0.05) is 13.3 Å². The Hall–Kier alpha value is -1.30. The van der Waals surface area contributed by atoms with E-state index in [1.807, 2.05) is 13.8 Å². The second-order valence-corrected chi connectivity index (χ2v) is 3.46. The van der Waals surface area contributed by atoms with Crippen LogP contribution in [0.15, 0.2) is 0 Å². The highest BCUT2D eigenvalue weighted by Gasteiger charge is 2.21. The fourth-order valence-electron chi connectivity index (χ4n) is 1.18. The van der Waals surface area contributed by atoms with Crippen molar-refractivity contribution in [3.05, 3.63) is 0 Å². The molecule has 0 saturated carbocycles. The molecule has 0 aliphatic heterocycles. The van der Waals surface area contributed by atoms with Crippen molar-refractivity contribution in [2.45, 2.75) is 32.7 Å². The summed E-state index contributed by atoms with van der Waals surface area (Å²) in [5.74, 6) is -1.23. The highest BCUT2D eigenvalue weighted by Crippen LogP contribution is 1.96. The van der Waals surface area contributed by atoms with Gasteiger partial charge in [-0.25, -0.2) is 9.59 Å². The number of aliphatic hydroxyl groups excluding tert-OH is 1. The predicted molar refractivity (Wildman–Crippen MR) is 59.2 cm³/mol. The fraction of sp³-hybridized carbons (Fsp3) is 0.800. The molecule has 0 saturated heterocycles. The maximum atomic E-state index is 11.6. The molecule has 16 heavy (non-hydrogen) atoms. The third-order valence-corrected chi connectivity index (χ3v) is 2.23. The Bertz CT molecular complexity index is 233. The van der Waals surface area contributed by atoms with E-state index in [4.69, 9.17) is 10.2 Å². The normalized spacial score (nSPS) is 11.9. The standard InChI is InChI=1S/C10H20N2O4/c1-3-5-6-12(4-2)10(16)11-8(7-13)9(14)15/h8,13H,3-7H2,1-2H3,(H,11,16)(H,14,15)/t8-/m1/s1. The molecule has 0 aliphatic rings. The lowest BCUT2D eigenvalue weighted by molar-refractivity contribution is -0.140. The molecule has 0 aromatic carbocycles. The number of unbranched alkanes of at least 4 members (excludes halogenated alkanes) is 1. The Morgan fingerprint density at radius 1 is 1.38 bits per heavy atom. The van der Waals surface area contributed by atoms with Crippen LogP contribution in [0, 0.1) is 0 Å². The Morgan fingerprint density at radius 3 is 2.38 bits per heavy atom. The van der Waals surface area contributed by atoms with Gasteiger partial charge in [0.25, 0.3) is 0 Å². The summed E-state index contributed by atoms with van der Waals surface area (Å²) in [7, 11) is 0. The van der Waals surface area contributed by atoms with Crippen LogP contribution in [0.4, 0.5) is 4.79 Å². The first-order valence-corrected chi connectivity index (χ1v) is 5.45. The van der Waals surface area contributed by atoms with Crippen molar-refractivity contribution in [3.8, 4) is 0 Å². The summed E-state index contributed by atoms with van der Waals surface area (Å²) >= 11 is 0. The molecule has 6 heteroatoms. The number of rotatable bonds is 7. The number of carboxylic acid groups (broad SMARTS) is 1. The molecule has 0 unspecified atom stereocenters. The zero-order valence-corrected chi connectivity index (χ0v) is 9.77. The molecule has 0 radical (unpaired) electrons. The minimum absolute atomic E-state index is 0.447. The molecule has 0 aromatic rings. The molecule has 0 aliphatic carbocycles. The van der Waals surface area contributed by atoms with Gasteiger partial charge < -0.3 is 20.4 Å². The van der Waals surface area contributed by atoms with Crippen LogP contribution in [0.1, 0.15) is 26.7 Å². The lowest BCUT2D eigenvalue weighted by Gasteiger charge is -2.23. The van der Waals surface area contributed by atoms with E-state index in [-0.39, 0.29) is 0 Å².